The molecule has 0 aliphatic heterocycles. The first kappa shape index (κ1) is 9.21. The predicted octanol–water partition coefficient (Wildman–Crippen LogP) is 1.60. The van der Waals surface area contributed by atoms with E-state index in [9.17, 15) is 0 Å². The molecule has 5 heteroatoms. The van der Waals surface area contributed by atoms with Crippen LogP contribution in [0.5, 0.6) is 0 Å². The number of aryl methyl sites for hydroxylation is 1. The van der Waals surface area contributed by atoms with E-state index in [1.807, 2.05) is 12.1 Å². The zero-order valence-corrected chi connectivity index (χ0v) is 8.32. The van der Waals surface area contributed by atoms with Crippen LogP contribution in [0.25, 0.3) is 11.5 Å². The van der Waals surface area contributed by atoms with Gasteiger partial charge >= 0.3 is 0 Å². The maximum atomic E-state index is 5.41. The normalized spacial score (nSPS) is 10.4. The number of hydrogen-bond donors (Lipinski definition) is 1. The fourth-order valence-electron chi connectivity index (χ4n) is 1.06. The molecule has 2 rings (SSSR count). The molecule has 0 N–H and O–H groups in total. The highest BCUT2D eigenvalue weighted by atomic mass is 32.1. The maximum Gasteiger partial charge on any atom is 0.247 e. The third kappa shape index (κ3) is 1.93. The Morgan fingerprint density at radius 1 is 1.21 bits per heavy atom. The molecular formula is C9H9N3OS. The molecule has 0 spiro atoms. The minimum atomic E-state index is 0.532. The molecule has 2 aromatic heterocycles. The summed E-state index contributed by atoms with van der Waals surface area (Å²) in [5.74, 6) is 1.86. The first-order valence-corrected chi connectivity index (χ1v) is 4.87. The van der Waals surface area contributed by atoms with Crippen molar-refractivity contribution in [1.82, 2.24) is 15.2 Å². The van der Waals surface area contributed by atoms with Crippen LogP contribution in [0.2, 0.25) is 0 Å². The molecule has 2 aromatic rings. The van der Waals surface area contributed by atoms with E-state index >= 15 is 0 Å². The van der Waals surface area contributed by atoms with Crippen LogP contribution in [0.3, 0.4) is 0 Å². The van der Waals surface area contributed by atoms with Crippen LogP contribution >= 0.6 is 12.6 Å². The van der Waals surface area contributed by atoms with E-state index in [4.69, 9.17) is 4.42 Å². The molecular weight excluding hydrogens is 198 g/mol. The molecule has 0 radical (unpaired) electrons. The lowest BCUT2D eigenvalue weighted by Gasteiger charge is -1.91. The Kier molecular flexibility index (Phi) is 2.78. The summed E-state index contributed by atoms with van der Waals surface area (Å²) in [7, 11) is 0. The molecule has 0 aliphatic carbocycles. The van der Waals surface area contributed by atoms with Crippen molar-refractivity contribution in [1.29, 1.82) is 0 Å². The number of rotatable bonds is 3. The summed E-state index contributed by atoms with van der Waals surface area (Å²) in [6.45, 7) is 0. The van der Waals surface area contributed by atoms with Crippen molar-refractivity contribution in [3.63, 3.8) is 0 Å². The Bertz CT molecular complexity index is 401. The Morgan fingerprint density at radius 2 is 2.00 bits per heavy atom. The summed E-state index contributed by atoms with van der Waals surface area (Å²) in [5, 5.41) is 7.82. The third-order valence-corrected chi connectivity index (χ3v) is 1.94. The largest absolute Gasteiger partial charge is 0.421 e. The minimum absolute atomic E-state index is 0.532. The third-order valence-electron chi connectivity index (χ3n) is 1.72. The predicted molar refractivity (Wildman–Crippen MR) is 55.1 cm³/mol. The van der Waals surface area contributed by atoms with E-state index in [-0.39, 0.29) is 0 Å². The van der Waals surface area contributed by atoms with Gasteiger partial charge in [-0.15, -0.1) is 10.2 Å². The highest BCUT2D eigenvalue weighted by molar-refractivity contribution is 7.80. The lowest BCUT2D eigenvalue weighted by Crippen LogP contribution is -1.84. The van der Waals surface area contributed by atoms with Crippen molar-refractivity contribution in [3.05, 3.63) is 30.4 Å². The van der Waals surface area contributed by atoms with Gasteiger partial charge in [-0.25, -0.2) is 0 Å². The van der Waals surface area contributed by atoms with Crippen molar-refractivity contribution in [2.24, 2.45) is 0 Å². The van der Waals surface area contributed by atoms with Crippen LogP contribution in [0.1, 0.15) is 5.89 Å². The van der Waals surface area contributed by atoms with Gasteiger partial charge in [0.1, 0.15) is 0 Å². The first-order chi connectivity index (χ1) is 6.90. The number of thiol groups is 1. The highest BCUT2D eigenvalue weighted by Gasteiger charge is 2.06. The second kappa shape index (κ2) is 4.23. The number of aromatic nitrogens is 3. The summed E-state index contributed by atoms with van der Waals surface area (Å²) in [5.41, 5.74) is 0.887. The van der Waals surface area contributed by atoms with Gasteiger partial charge in [0.05, 0.1) is 0 Å². The van der Waals surface area contributed by atoms with Crippen molar-refractivity contribution in [2.75, 3.05) is 5.75 Å². The van der Waals surface area contributed by atoms with E-state index < -0.39 is 0 Å². The average Bonchev–Trinajstić information content (AvgIpc) is 2.68. The Morgan fingerprint density at radius 3 is 2.71 bits per heavy atom. The number of nitrogens with zero attached hydrogens (tertiary/aromatic N) is 3. The number of pyridine rings is 1. The van der Waals surface area contributed by atoms with E-state index in [0.717, 1.165) is 5.56 Å². The van der Waals surface area contributed by atoms with E-state index in [1.54, 1.807) is 12.4 Å². The molecule has 0 amide bonds. The first-order valence-electron chi connectivity index (χ1n) is 4.24. The van der Waals surface area contributed by atoms with Crippen LogP contribution in [0.15, 0.2) is 28.9 Å². The molecule has 0 aliphatic rings. The molecule has 0 atom stereocenters. The van der Waals surface area contributed by atoms with Gasteiger partial charge < -0.3 is 4.42 Å². The summed E-state index contributed by atoms with van der Waals surface area (Å²) in [6.07, 6.45) is 4.08. The highest BCUT2D eigenvalue weighted by Crippen LogP contribution is 2.16. The molecule has 0 saturated carbocycles. The van der Waals surface area contributed by atoms with Crippen LogP contribution < -0.4 is 0 Å². The van der Waals surface area contributed by atoms with Gasteiger partial charge in [-0.2, -0.15) is 12.6 Å². The summed E-state index contributed by atoms with van der Waals surface area (Å²) < 4.78 is 5.41. The maximum absolute atomic E-state index is 5.41. The van der Waals surface area contributed by atoms with Crippen molar-refractivity contribution in [2.45, 2.75) is 6.42 Å². The fraction of sp³-hybridized carbons (Fsp3) is 0.222. The molecule has 2 heterocycles. The molecule has 4 nitrogen and oxygen atoms in total. The summed E-state index contributed by atoms with van der Waals surface area (Å²) in [6, 6.07) is 3.66. The second-order valence-electron chi connectivity index (χ2n) is 2.71. The monoisotopic (exact) mass is 207 g/mol. The molecule has 0 unspecified atom stereocenters. The van der Waals surface area contributed by atoms with Crippen LogP contribution in [0, 0.1) is 0 Å². The van der Waals surface area contributed by atoms with Crippen LogP contribution in [-0.2, 0) is 6.42 Å². The molecule has 72 valence electrons. The SMILES string of the molecule is SCCc1nnc(-c2ccncc2)o1. The molecule has 0 aromatic carbocycles. The smallest absolute Gasteiger partial charge is 0.247 e. The molecule has 0 bridgehead atoms. The minimum Gasteiger partial charge on any atom is -0.421 e. The standard InChI is InChI=1S/C9H9N3OS/c14-6-3-8-11-12-9(13-8)7-1-4-10-5-2-7/h1-2,4-5,14H,3,6H2. The van der Waals surface area contributed by atoms with Crippen molar-refractivity contribution < 1.29 is 4.42 Å². The van der Waals surface area contributed by atoms with Gasteiger partial charge in [-0.1, -0.05) is 0 Å². The van der Waals surface area contributed by atoms with E-state index in [0.29, 0.717) is 24.0 Å². The Balaban J connectivity index is 2.25. The Hall–Kier alpha value is -1.36. The van der Waals surface area contributed by atoms with Gasteiger partial charge in [0.25, 0.3) is 0 Å². The van der Waals surface area contributed by atoms with Gasteiger partial charge in [0.15, 0.2) is 0 Å². The zero-order valence-electron chi connectivity index (χ0n) is 7.42. The van der Waals surface area contributed by atoms with Crippen LogP contribution in [-0.4, -0.2) is 20.9 Å². The molecule has 0 fully saturated rings. The fourth-order valence-corrected chi connectivity index (χ4v) is 1.25. The van der Waals surface area contributed by atoms with Gasteiger partial charge in [0, 0.05) is 24.4 Å². The van der Waals surface area contributed by atoms with Crippen molar-refractivity contribution in [3.8, 4) is 11.5 Å². The van der Waals surface area contributed by atoms with E-state index in [1.165, 1.54) is 0 Å². The topological polar surface area (TPSA) is 51.8 Å². The van der Waals surface area contributed by atoms with Crippen molar-refractivity contribution >= 4 is 12.6 Å². The lowest BCUT2D eigenvalue weighted by atomic mass is 10.3. The van der Waals surface area contributed by atoms with E-state index in [2.05, 4.69) is 27.8 Å². The average molecular weight is 207 g/mol. The lowest BCUT2D eigenvalue weighted by molar-refractivity contribution is 0.514. The number of hydrogen-bond acceptors (Lipinski definition) is 5. The van der Waals surface area contributed by atoms with Gasteiger partial charge in [0.2, 0.25) is 11.8 Å². The second-order valence-corrected chi connectivity index (χ2v) is 3.16. The molecule has 14 heavy (non-hydrogen) atoms. The van der Waals surface area contributed by atoms with Gasteiger partial charge in [-0.05, 0) is 17.9 Å². The van der Waals surface area contributed by atoms with Gasteiger partial charge in [-0.3, -0.25) is 4.98 Å². The Labute approximate surface area is 86.8 Å². The quantitative estimate of drug-likeness (QED) is 0.777. The molecule has 0 saturated heterocycles. The summed E-state index contributed by atoms with van der Waals surface area (Å²) in [4.78, 5) is 3.91. The zero-order chi connectivity index (χ0) is 9.80. The summed E-state index contributed by atoms with van der Waals surface area (Å²) >= 11 is 4.09. The van der Waals surface area contributed by atoms with Crippen LogP contribution in [0.4, 0.5) is 0 Å².